The Bertz CT molecular complexity index is 275. The van der Waals surface area contributed by atoms with Gasteiger partial charge in [-0.05, 0) is 6.42 Å². The summed E-state index contributed by atoms with van der Waals surface area (Å²) in [6.45, 7) is 9.47. The molecular formula is C13H22NOP. The Kier molecular flexibility index (Phi) is 6.63. The zero-order valence-electron chi connectivity index (χ0n) is 10.5. The van der Waals surface area contributed by atoms with Crippen molar-refractivity contribution >= 4 is 13.6 Å². The van der Waals surface area contributed by atoms with E-state index in [1.54, 1.807) is 0 Å². The van der Waals surface area contributed by atoms with Crippen molar-refractivity contribution in [1.82, 2.24) is 4.67 Å². The van der Waals surface area contributed by atoms with Gasteiger partial charge in [0, 0.05) is 18.4 Å². The van der Waals surface area contributed by atoms with Gasteiger partial charge in [-0.3, -0.25) is 4.67 Å². The summed E-state index contributed by atoms with van der Waals surface area (Å²) in [5.74, 6) is 0. The van der Waals surface area contributed by atoms with Gasteiger partial charge in [0.25, 0.3) is 0 Å². The van der Waals surface area contributed by atoms with E-state index in [2.05, 4.69) is 55.8 Å². The van der Waals surface area contributed by atoms with Gasteiger partial charge in [0.05, 0.1) is 6.61 Å². The van der Waals surface area contributed by atoms with Crippen LogP contribution in [0.25, 0.3) is 0 Å². The van der Waals surface area contributed by atoms with E-state index in [0.717, 1.165) is 26.1 Å². The highest BCUT2D eigenvalue weighted by Crippen LogP contribution is 2.39. The number of nitrogens with zero attached hydrogens (tertiary/aromatic N) is 1. The maximum atomic E-state index is 6.01. The van der Waals surface area contributed by atoms with E-state index in [1.165, 1.54) is 5.30 Å². The van der Waals surface area contributed by atoms with Crippen LogP contribution in [0.1, 0.15) is 27.2 Å². The maximum absolute atomic E-state index is 6.01. The smallest absolute Gasteiger partial charge is 0.137 e. The van der Waals surface area contributed by atoms with Gasteiger partial charge in [0.2, 0.25) is 0 Å². The van der Waals surface area contributed by atoms with E-state index in [4.69, 9.17) is 4.52 Å². The summed E-state index contributed by atoms with van der Waals surface area (Å²) in [6, 6.07) is 10.6. The molecule has 1 aromatic rings. The molecule has 90 valence electrons. The summed E-state index contributed by atoms with van der Waals surface area (Å²) in [4.78, 5) is 0. The van der Waals surface area contributed by atoms with Crippen molar-refractivity contribution in [1.29, 1.82) is 0 Å². The molecule has 0 aliphatic heterocycles. The molecule has 0 aromatic heterocycles. The van der Waals surface area contributed by atoms with E-state index < -0.39 is 8.30 Å². The summed E-state index contributed by atoms with van der Waals surface area (Å²) in [5, 5.41) is 1.31. The second-order valence-corrected chi connectivity index (χ2v) is 5.47. The molecule has 1 atom stereocenters. The van der Waals surface area contributed by atoms with Crippen LogP contribution in [0, 0.1) is 0 Å². The lowest BCUT2D eigenvalue weighted by molar-refractivity contribution is 0.317. The van der Waals surface area contributed by atoms with E-state index in [1.807, 2.05) is 0 Å². The summed E-state index contributed by atoms with van der Waals surface area (Å²) >= 11 is 0. The Balaban J connectivity index is 2.78. The van der Waals surface area contributed by atoms with Gasteiger partial charge < -0.3 is 4.52 Å². The second kappa shape index (κ2) is 7.78. The minimum atomic E-state index is -0.592. The van der Waals surface area contributed by atoms with Gasteiger partial charge in [-0.15, -0.1) is 0 Å². The lowest BCUT2D eigenvalue weighted by atomic mass is 10.4. The number of hydrogen-bond donors (Lipinski definition) is 0. The van der Waals surface area contributed by atoms with E-state index in [0.29, 0.717) is 0 Å². The Morgan fingerprint density at radius 3 is 2.19 bits per heavy atom. The van der Waals surface area contributed by atoms with Crippen molar-refractivity contribution in [3.05, 3.63) is 30.3 Å². The second-order valence-electron chi connectivity index (χ2n) is 3.58. The monoisotopic (exact) mass is 239 g/mol. The van der Waals surface area contributed by atoms with Crippen molar-refractivity contribution in [3.63, 3.8) is 0 Å². The van der Waals surface area contributed by atoms with Crippen LogP contribution >= 0.6 is 8.30 Å². The van der Waals surface area contributed by atoms with Crippen LogP contribution in [-0.2, 0) is 4.52 Å². The van der Waals surface area contributed by atoms with Crippen LogP contribution in [0.3, 0.4) is 0 Å². The molecule has 0 amide bonds. The Morgan fingerprint density at radius 2 is 1.69 bits per heavy atom. The average Bonchev–Trinajstić information content (AvgIpc) is 2.35. The normalized spacial score (nSPS) is 13.0. The number of benzene rings is 1. The van der Waals surface area contributed by atoms with Crippen LogP contribution in [0.4, 0.5) is 0 Å². The first-order chi connectivity index (χ1) is 7.83. The average molecular weight is 239 g/mol. The van der Waals surface area contributed by atoms with Crippen LogP contribution < -0.4 is 5.30 Å². The summed E-state index contributed by atoms with van der Waals surface area (Å²) in [6.07, 6.45) is 1.08. The topological polar surface area (TPSA) is 12.5 Å². The molecule has 0 spiro atoms. The SMILES string of the molecule is CCCOP(c1ccccc1)N(CC)CC. The predicted molar refractivity (Wildman–Crippen MR) is 72.2 cm³/mol. The Morgan fingerprint density at radius 1 is 1.06 bits per heavy atom. The Hall–Kier alpha value is -0.430. The molecule has 1 aromatic carbocycles. The fourth-order valence-corrected chi connectivity index (χ4v) is 3.47. The van der Waals surface area contributed by atoms with Gasteiger partial charge >= 0.3 is 0 Å². The molecule has 1 rings (SSSR count). The van der Waals surface area contributed by atoms with E-state index in [-0.39, 0.29) is 0 Å². The molecule has 16 heavy (non-hydrogen) atoms. The lowest BCUT2D eigenvalue weighted by Gasteiger charge is -2.28. The van der Waals surface area contributed by atoms with Crippen molar-refractivity contribution in [3.8, 4) is 0 Å². The maximum Gasteiger partial charge on any atom is 0.137 e. The quantitative estimate of drug-likeness (QED) is 0.676. The van der Waals surface area contributed by atoms with Crippen molar-refractivity contribution in [2.75, 3.05) is 19.7 Å². The lowest BCUT2D eigenvalue weighted by Crippen LogP contribution is -2.24. The molecule has 0 N–H and O–H groups in total. The largest absolute Gasteiger partial charge is 0.340 e. The molecule has 0 saturated carbocycles. The molecule has 3 heteroatoms. The standard InChI is InChI=1S/C13H22NOP/c1-4-12-15-16(14(5-2)6-3)13-10-8-7-9-11-13/h7-11H,4-6,12H2,1-3H3. The van der Waals surface area contributed by atoms with E-state index in [9.17, 15) is 0 Å². The van der Waals surface area contributed by atoms with Crippen molar-refractivity contribution in [2.24, 2.45) is 0 Å². The van der Waals surface area contributed by atoms with Crippen LogP contribution in [0.2, 0.25) is 0 Å². The minimum Gasteiger partial charge on any atom is -0.340 e. The first kappa shape index (κ1) is 13.6. The van der Waals surface area contributed by atoms with Gasteiger partial charge in [0.15, 0.2) is 0 Å². The molecule has 0 bridgehead atoms. The van der Waals surface area contributed by atoms with E-state index >= 15 is 0 Å². The van der Waals surface area contributed by atoms with Crippen LogP contribution in [0.15, 0.2) is 30.3 Å². The van der Waals surface area contributed by atoms with Gasteiger partial charge in [-0.25, -0.2) is 0 Å². The molecular weight excluding hydrogens is 217 g/mol. The van der Waals surface area contributed by atoms with Gasteiger partial charge in [0.1, 0.15) is 8.30 Å². The zero-order valence-corrected chi connectivity index (χ0v) is 11.4. The highest BCUT2D eigenvalue weighted by molar-refractivity contribution is 7.58. The van der Waals surface area contributed by atoms with Crippen LogP contribution in [0.5, 0.6) is 0 Å². The number of hydrogen-bond acceptors (Lipinski definition) is 2. The molecule has 0 saturated heterocycles. The molecule has 0 fully saturated rings. The summed E-state index contributed by atoms with van der Waals surface area (Å²) in [7, 11) is -0.592. The third kappa shape index (κ3) is 3.86. The first-order valence-electron chi connectivity index (χ1n) is 6.06. The van der Waals surface area contributed by atoms with Crippen molar-refractivity contribution in [2.45, 2.75) is 27.2 Å². The fourth-order valence-electron chi connectivity index (χ4n) is 1.53. The van der Waals surface area contributed by atoms with Gasteiger partial charge in [-0.2, -0.15) is 0 Å². The molecule has 0 aliphatic carbocycles. The van der Waals surface area contributed by atoms with Crippen molar-refractivity contribution < 1.29 is 4.52 Å². The number of rotatable bonds is 7. The summed E-state index contributed by atoms with van der Waals surface area (Å²) in [5.41, 5.74) is 0. The molecule has 0 aliphatic rings. The predicted octanol–water partition coefficient (Wildman–Crippen LogP) is 3.39. The molecule has 1 unspecified atom stereocenters. The highest BCUT2D eigenvalue weighted by atomic mass is 31.2. The van der Waals surface area contributed by atoms with Crippen LogP contribution in [-0.4, -0.2) is 24.4 Å². The zero-order chi connectivity index (χ0) is 11.8. The molecule has 0 radical (unpaired) electrons. The highest BCUT2D eigenvalue weighted by Gasteiger charge is 2.18. The molecule has 0 heterocycles. The third-order valence-corrected chi connectivity index (χ3v) is 4.63. The summed E-state index contributed by atoms with van der Waals surface area (Å²) < 4.78 is 8.42. The Labute approximate surface area is 101 Å². The third-order valence-electron chi connectivity index (χ3n) is 2.38. The van der Waals surface area contributed by atoms with Gasteiger partial charge in [-0.1, -0.05) is 51.1 Å². The first-order valence-corrected chi connectivity index (χ1v) is 7.27. The fraction of sp³-hybridized carbons (Fsp3) is 0.538. The minimum absolute atomic E-state index is 0.592. The molecule has 2 nitrogen and oxygen atoms in total.